The van der Waals surface area contributed by atoms with Crippen molar-refractivity contribution in [3.63, 3.8) is 0 Å². The fourth-order valence-electron chi connectivity index (χ4n) is 3.60. The van der Waals surface area contributed by atoms with E-state index in [9.17, 15) is 14.7 Å². The van der Waals surface area contributed by atoms with Gasteiger partial charge in [0.15, 0.2) is 0 Å². The molecule has 3 aromatic rings. The van der Waals surface area contributed by atoms with Gasteiger partial charge in [-0.3, -0.25) is 14.1 Å². The molecule has 1 aliphatic rings. The first-order valence-corrected chi connectivity index (χ1v) is 8.77. The second-order valence-electron chi connectivity index (χ2n) is 6.49. The highest BCUT2D eigenvalue weighted by molar-refractivity contribution is 6.31. The minimum absolute atomic E-state index is 0.204. The van der Waals surface area contributed by atoms with Gasteiger partial charge in [0.05, 0.1) is 5.52 Å². The highest BCUT2D eigenvalue weighted by Gasteiger charge is 2.21. The number of pyridine rings is 2. The number of hydrogen-bond acceptors (Lipinski definition) is 3. The molecule has 26 heavy (non-hydrogen) atoms. The van der Waals surface area contributed by atoms with Crippen LogP contribution in [-0.4, -0.2) is 26.9 Å². The fraction of sp³-hybridized carbons (Fsp3) is 0.200. The minimum Gasteiger partial charge on any atom is -0.477 e. The zero-order chi connectivity index (χ0) is 18.3. The second-order valence-corrected chi connectivity index (χ2v) is 6.89. The molecule has 5 nitrogen and oxygen atoms in total. The minimum atomic E-state index is -1.20. The van der Waals surface area contributed by atoms with Crippen LogP contribution >= 0.6 is 11.6 Å². The Kier molecular flexibility index (Phi) is 4.26. The zero-order valence-corrected chi connectivity index (χ0v) is 14.7. The van der Waals surface area contributed by atoms with Crippen LogP contribution in [0.25, 0.3) is 5.52 Å². The van der Waals surface area contributed by atoms with E-state index in [-0.39, 0.29) is 5.56 Å². The van der Waals surface area contributed by atoms with E-state index in [2.05, 4.69) is 11.0 Å². The van der Waals surface area contributed by atoms with Gasteiger partial charge in [0.25, 0.3) is 5.56 Å². The van der Waals surface area contributed by atoms with Crippen LogP contribution in [0.15, 0.2) is 53.5 Å². The quantitative estimate of drug-likeness (QED) is 0.771. The lowest BCUT2D eigenvalue weighted by molar-refractivity contribution is 0.0694. The van der Waals surface area contributed by atoms with Gasteiger partial charge in [-0.15, -0.1) is 0 Å². The molecule has 0 saturated heterocycles. The van der Waals surface area contributed by atoms with Gasteiger partial charge in [0, 0.05) is 30.9 Å². The van der Waals surface area contributed by atoms with E-state index in [0.29, 0.717) is 6.54 Å². The number of nitrogens with zero attached hydrogens (tertiary/aromatic N) is 2. The van der Waals surface area contributed by atoms with Crippen molar-refractivity contribution >= 4 is 23.1 Å². The molecule has 0 atom stereocenters. The van der Waals surface area contributed by atoms with Crippen molar-refractivity contribution in [1.82, 2.24) is 9.30 Å². The summed E-state index contributed by atoms with van der Waals surface area (Å²) in [7, 11) is 0. The summed E-state index contributed by atoms with van der Waals surface area (Å²) in [5.41, 5.74) is 3.23. The number of fused-ring (bicyclic) bond motifs is 2. The summed E-state index contributed by atoms with van der Waals surface area (Å²) in [4.78, 5) is 26.1. The molecule has 3 heterocycles. The van der Waals surface area contributed by atoms with Crippen molar-refractivity contribution in [2.24, 2.45) is 0 Å². The highest BCUT2D eigenvalue weighted by atomic mass is 35.5. The van der Waals surface area contributed by atoms with E-state index >= 15 is 0 Å². The van der Waals surface area contributed by atoms with Gasteiger partial charge in [0.1, 0.15) is 5.56 Å². The summed E-state index contributed by atoms with van der Waals surface area (Å²) in [6.45, 7) is 2.15. The number of halogens is 1. The van der Waals surface area contributed by atoms with Crippen LogP contribution in [0, 0.1) is 0 Å². The lowest BCUT2D eigenvalue weighted by Gasteiger charge is -2.29. The Morgan fingerprint density at radius 2 is 2.04 bits per heavy atom. The molecule has 0 amide bonds. The summed E-state index contributed by atoms with van der Waals surface area (Å²) in [6, 6.07) is 12.9. The average Bonchev–Trinajstić information content (AvgIpc) is 2.64. The Morgan fingerprint density at radius 3 is 2.85 bits per heavy atom. The smallest absolute Gasteiger partial charge is 0.341 e. The van der Waals surface area contributed by atoms with E-state index in [1.807, 2.05) is 24.3 Å². The van der Waals surface area contributed by atoms with Crippen molar-refractivity contribution < 1.29 is 9.90 Å². The van der Waals surface area contributed by atoms with E-state index in [0.717, 1.165) is 35.6 Å². The summed E-state index contributed by atoms with van der Waals surface area (Å²) >= 11 is 6.28. The van der Waals surface area contributed by atoms with Crippen LogP contribution in [0.1, 0.15) is 27.0 Å². The molecule has 6 heteroatoms. The number of carboxylic acids is 1. The maximum atomic E-state index is 12.4. The number of aromatic carboxylic acids is 1. The molecule has 0 aliphatic carbocycles. The Hall–Kier alpha value is -2.63. The van der Waals surface area contributed by atoms with E-state index in [4.69, 9.17) is 11.6 Å². The molecule has 0 radical (unpaired) electrons. The normalized spacial score (nSPS) is 14.3. The van der Waals surface area contributed by atoms with E-state index in [1.54, 1.807) is 12.3 Å². The summed E-state index contributed by atoms with van der Waals surface area (Å²) in [6.07, 6.45) is 2.46. The third kappa shape index (κ3) is 2.89. The van der Waals surface area contributed by atoms with Crippen molar-refractivity contribution in [2.75, 3.05) is 6.54 Å². The SMILES string of the molecule is O=C(O)c1cc(CN2CCc3c(Cl)cccc3C2)c2ccccn2c1=O. The van der Waals surface area contributed by atoms with Crippen LogP contribution in [0.5, 0.6) is 0 Å². The Bertz CT molecular complexity index is 1070. The van der Waals surface area contributed by atoms with Gasteiger partial charge in [0.2, 0.25) is 0 Å². The Morgan fingerprint density at radius 1 is 1.19 bits per heavy atom. The number of carboxylic acid groups (broad SMARTS) is 1. The third-order valence-electron chi connectivity index (χ3n) is 4.87. The molecule has 4 rings (SSSR count). The van der Waals surface area contributed by atoms with Crippen LogP contribution in [0.2, 0.25) is 5.02 Å². The summed E-state index contributed by atoms with van der Waals surface area (Å²) in [5, 5.41) is 10.2. The van der Waals surface area contributed by atoms with Gasteiger partial charge in [-0.1, -0.05) is 29.8 Å². The summed E-state index contributed by atoms with van der Waals surface area (Å²) in [5.74, 6) is -1.20. The molecule has 1 N–H and O–H groups in total. The van der Waals surface area contributed by atoms with Crippen LogP contribution < -0.4 is 5.56 Å². The maximum Gasteiger partial charge on any atom is 0.341 e. The molecular weight excluding hydrogens is 352 g/mol. The van der Waals surface area contributed by atoms with Crippen molar-refractivity contribution in [1.29, 1.82) is 0 Å². The van der Waals surface area contributed by atoms with E-state index < -0.39 is 11.5 Å². The second kappa shape index (κ2) is 6.59. The monoisotopic (exact) mass is 368 g/mol. The maximum absolute atomic E-state index is 12.4. The van der Waals surface area contributed by atoms with Crippen LogP contribution in [0.4, 0.5) is 0 Å². The molecule has 0 bridgehead atoms. The lowest BCUT2D eigenvalue weighted by atomic mass is 9.99. The average molecular weight is 369 g/mol. The standard InChI is InChI=1S/C20H17ClN2O3/c21-17-5-3-4-13-11-22(9-7-15(13)17)12-14-10-16(20(25)26)19(24)23-8-2-1-6-18(14)23/h1-6,8,10H,7,9,11-12H2,(H,25,26). The van der Waals surface area contributed by atoms with Crippen LogP contribution in [-0.2, 0) is 19.5 Å². The fourth-order valence-corrected chi connectivity index (χ4v) is 3.89. The molecule has 0 unspecified atom stereocenters. The first-order chi connectivity index (χ1) is 12.5. The molecule has 0 saturated carbocycles. The predicted octanol–water partition coefficient (Wildman–Crippen LogP) is 3.21. The largest absolute Gasteiger partial charge is 0.477 e. The molecule has 0 spiro atoms. The highest BCUT2D eigenvalue weighted by Crippen LogP contribution is 2.27. The Labute approximate surface area is 155 Å². The van der Waals surface area contributed by atoms with Crippen molar-refractivity contribution in [2.45, 2.75) is 19.5 Å². The molecule has 0 fully saturated rings. The number of hydrogen-bond donors (Lipinski definition) is 1. The molecule has 2 aromatic heterocycles. The molecule has 1 aromatic carbocycles. The van der Waals surface area contributed by atoms with Gasteiger partial charge < -0.3 is 5.11 Å². The van der Waals surface area contributed by atoms with Gasteiger partial charge in [-0.05, 0) is 47.4 Å². The summed E-state index contributed by atoms with van der Waals surface area (Å²) < 4.78 is 1.41. The molecule has 132 valence electrons. The van der Waals surface area contributed by atoms with Crippen molar-refractivity contribution in [3.8, 4) is 0 Å². The Balaban J connectivity index is 1.73. The van der Waals surface area contributed by atoms with E-state index in [1.165, 1.54) is 21.6 Å². The number of rotatable bonds is 3. The first kappa shape index (κ1) is 16.8. The zero-order valence-electron chi connectivity index (χ0n) is 14.0. The van der Waals surface area contributed by atoms with Gasteiger partial charge >= 0.3 is 5.97 Å². The first-order valence-electron chi connectivity index (χ1n) is 8.40. The predicted molar refractivity (Wildman–Crippen MR) is 99.9 cm³/mol. The van der Waals surface area contributed by atoms with Crippen LogP contribution in [0.3, 0.4) is 0 Å². The van der Waals surface area contributed by atoms with Gasteiger partial charge in [-0.2, -0.15) is 0 Å². The number of carbonyl (C=O) groups is 1. The van der Waals surface area contributed by atoms with Crippen molar-refractivity contribution in [3.05, 3.63) is 86.3 Å². The number of aromatic nitrogens is 1. The topological polar surface area (TPSA) is 62.0 Å². The number of benzene rings is 1. The lowest BCUT2D eigenvalue weighted by Crippen LogP contribution is -2.31. The molecule has 1 aliphatic heterocycles. The molecular formula is C20H17ClN2O3. The third-order valence-corrected chi connectivity index (χ3v) is 5.22. The van der Waals surface area contributed by atoms with Gasteiger partial charge in [-0.25, -0.2) is 4.79 Å².